The number of nitro groups is 1. The second-order valence-corrected chi connectivity index (χ2v) is 11.3. The van der Waals surface area contributed by atoms with Crippen molar-refractivity contribution < 1.29 is 23.9 Å². The van der Waals surface area contributed by atoms with Crippen LogP contribution in [0.4, 0.5) is 11.4 Å². The number of ether oxygens (including phenoxy) is 3. The Hall–Kier alpha value is -4.70. The van der Waals surface area contributed by atoms with E-state index in [1.54, 1.807) is 11.1 Å². The van der Waals surface area contributed by atoms with Crippen LogP contribution < -0.4 is 14.4 Å². The molecule has 3 aliphatic rings. The van der Waals surface area contributed by atoms with Gasteiger partial charge in [-0.15, -0.1) is 0 Å². The molecule has 2 atom stereocenters. The van der Waals surface area contributed by atoms with Gasteiger partial charge in [0.25, 0.3) is 11.6 Å². The quantitative estimate of drug-likeness (QED) is 0.197. The molecule has 2 heterocycles. The maximum atomic E-state index is 14.6. The first-order valence-corrected chi connectivity index (χ1v) is 15.7. The van der Waals surface area contributed by atoms with Crippen molar-refractivity contribution in [2.24, 2.45) is 11.0 Å². The normalized spacial score (nSPS) is 20.5. The Morgan fingerprint density at radius 1 is 1.00 bits per heavy atom. The van der Waals surface area contributed by atoms with Gasteiger partial charge in [0.1, 0.15) is 11.5 Å². The molecule has 0 N–H and O–H groups in total. The summed E-state index contributed by atoms with van der Waals surface area (Å²) in [7, 11) is 0. The molecule has 2 aliphatic heterocycles. The number of amides is 1. The van der Waals surface area contributed by atoms with Gasteiger partial charge in [-0.25, -0.2) is 5.01 Å². The Morgan fingerprint density at radius 3 is 2.31 bits per heavy atom. The third-order valence-corrected chi connectivity index (χ3v) is 8.55. The average molecular weight is 611 g/mol. The average Bonchev–Trinajstić information content (AvgIpc) is 3.47. The Labute approximate surface area is 263 Å². The molecular formula is C35H38N4O6. The lowest BCUT2D eigenvalue weighted by molar-refractivity contribution is -0.384. The molecule has 45 heavy (non-hydrogen) atoms. The first-order valence-electron chi connectivity index (χ1n) is 15.7. The van der Waals surface area contributed by atoms with Gasteiger partial charge >= 0.3 is 0 Å². The molecule has 1 aliphatic carbocycles. The summed E-state index contributed by atoms with van der Waals surface area (Å²) in [6.45, 7) is 7.28. The van der Waals surface area contributed by atoms with Gasteiger partial charge in [0, 0.05) is 31.1 Å². The Balaban J connectivity index is 1.43. The van der Waals surface area contributed by atoms with E-state index in [1.165, 1.54) is 12.1 Å². The van der Waals surface area contributed by atoms with Gasteiger partial charge in [0.05, 0.1) is 54.4 Å². The van der Waals surface area contributed by atoms with E-state index in [4.69, 9.17) is 19.3 Å². The Morgan fingerprint density at radius 2 is 1.67 bits per heavy atom. The van der Waals surface area contributed by atoms with Crippen LogP contribution in [0.1, 0.15) is 60.6 Å². The number of carbonyl (C=O) groups is 1. The number of non-ortho nitro benzene ring substituents is 1. The zero-order valence-corrected chi connectivity index (χ0v) is 25.7. The molecule has 10 nitrogen and oxygen atoms in total. The molecule has 3 aromatic rings. The first kappa shape index (κ1) is 30.3. The summed E-state index contributed by atoms with van der Waals surface area (Å²) in [6, 6.07) is 20.0. The molecule has 0 aromatic heterocycles. The van der Waals surface area contributed by atoms with E-state index in [-0.39, 0.29) is 29.1 Å². The minimum Gasteiger partial charge on any atom is -0.494 e. The summed E-state index contributed by atoms with van der Waals surface area (Å²) >= 11 is 0. The number of allylic oxidation sites excluding steroid dienone is 1. The van der Waals surface area contributed by atoms with Crippen molar-refractivity contribution in [1.29, 1.82) is 0 Å². The van der Waals surface area contributed by atoms with E-state index in [1.807, 2.05) is 62.4 Å². The molecule has 0 bridgehead atoms. The minimum atomic E-state index is -0.461. The predicted molar refractivity (Wildman–Crippen MR) is 173 cm³/mol. The third kappa shape index (κ3) is 6.42. The van der Waals surface area contributed by atoms with Crippen molar-refractivity contribution in [3.05, 3.63) is 99.1 Å². The van der Waals surface area contributed by atoms with E-state index in [0.717, 1.165) is 53.2 Å². The van der Waals surface area contributed by atoms with E-state index in [0.29, 0.717) is 45.2 Å². The van der Waals surface area contributed by atoms with Crippen molar-refractivity contribution >= 4 is 29.1 Å². The number of carbonyl (C=O) groups excluding carboxylic acids is 1. The highest BCUT2D eigenvalue weighted by Crippen LogP contribution is 2.46. The van der Waals surface area contributed by atoms with Crippen LogP contribution in [-0.4, -0.2) is 61.1 Å². The number of hydrogen-bond acceptors (Lipinski definition) is 8. The van der Waals surface area contributed by atoms with Crippen LogP contribution in [0.3, 0.4) is 0 Å². The molecule has 0 spiro atoms. The zero-order chi connectivity index (χ0) is 31.3. The van der Waals surface area contributed by atoms with Gasteiger partial charge in [-0.2, -0.15) is 5.10 Å². The summed E-state index contributed by atoms with van der Waals surface area (Å²) in [4.78, 5) is 28.0. The lowest BCUT2D eigenvalue weighted by Gasteiger charge is -2.32. The van der Waals surface area contributed by atoms with Gasteiger partial charge < -0.3 is 19.1 Å². The van der Waals surface area contributed by atoms with E-state index < -0.39 is 4.92 Å². The van der Waals surface area contributed by atoms with Crippen molar-refractivity contribution in [3.63, 3.8) is 0 Å². The van der Waals surface area contributed by atoms with Crippen molar-refractivity contribution in [2.45, 2.75) is 39.2 Å². The number of fused-ring (bicyclic) bond motifs is 1. The highest BCUT2D eigenvalue weighted by atomic mass is 16.6. The molecule has 6 rings (SSSR count). The number of hydrogen-bond donors (Lipinski definition) is 0. The molecule has 2 unspecified atom stereocenters. The lowest BCUT2D eigenvalue weighted by Crippen LogP contribution is -2.38. The molecule has 3 aromatic carbocycles. The van der Waals surface area contributed by atoms with E-state index in [2.05, 4.69) is 11.0 Å². The fraction of sp³-hybridized carbons (Fsp3) is 0.371. The largest absolute Gasteiger partial charge is 0.494 e. The van der Waals surface area contributed by atoms with E-state index >= 15 is 0 Å². The molecule has 234 valence electrons. The Bertz CT molecular complexity index is 1600. The van der Waals surface area contributed by atoms with Crippen LogP contribution in [0.5, 0.6) is 11.5 Å². The minimum absolute atomic E-state index is 0.0277. The van der Waals surface area contributed by atoms with Crippen molar-refractivity contribution in [2.75, 3.05) is 44.4 Å². The number of morpholine rings is 1. The molecule has 1 saturated heterocycles. The smallest absolute Gasteiger partial charge is 0.276 e. The number of hydrazone groups is 1. The summed E-state index contributed by atoms with van der Waals surface area (Å²) in [6.07, 6.45) is 4.82. The number of nitro benzene ring substituents is 1. The maximum Gasteiger partial charge on any atom is 0.276 e. The monoisotopic (exact) mass is 610 g/mol. The standard InChI is InChI=1S/C35H38N4O6/c1-3-44-28-13-8-24(9-14-28)22-26-6-5-7-30-33(26)36-38(34(30)25-10-15-29(16-11-25)45-4-2)35(40)31-23-27(39(41)42)12-17-32(31)37-18-20-43-21-19-37/h8-17,22-23,30,34H,3-7,18-21H2,1-2H3/b26-22+. The summed E-state index contributed by atoms with van der Waals surface area (Å²) in [5.74, 6) is 1.19. The van der Waals surface area contributed by atoms with Gasteiger partial charge in [0.2, 0.25) is 0 Å². The number of anilines is 1. The summed E-state index contributed by atoms with van der Waals surface area (Å²) < 4.78 is 16.8. The highest BCUT2D eigenvalue weighted by molar-refractivity contribution is 6.10. The van der Waals surface area contributed by atoms with Gasteiger partial charge in [-0.1, -0.05) is 24.3 Å². The van der Waals surface area contributed by atoms with Crippen LogP contribution in [-0.2, 0) is 4.74 Å². The highest BCUT2D eigenvalue weighted by Gasteiger charge is 2.44. The molecule has 2 fully saturated rings. The van der Waals surface area contributed by atoms with Crippen molar-refractivity contribution in [3.8, 4) is 11.5 Å². The van der Waals surface area contributed by atoms with Crippen LogP contribution >= 0.6 is 0 Å². The van der Waals surface area contributed by atoms with Crippen LogP contribution in [0, 0.1) is 16.0 Å². The number of rotatable bonds is 9. The Kier molecular flexibility index (Phi) is 9.11. The fourth-order valence-corrected chi connectivity index (χ4v) is 6.47. The predicted octanol–water partition coefficient (Wildman–Crippen LogP) is 6.67. The zero-order valence-electron chi connectivity index (χ0n) is 25.7. The third-order valence-electron chi connectivity index (χ3n) is 8.55. The maximum absolute atomic E-state index is 14.6. The fourth-order valence-electron chi connectivity index (χ4n) is 6.47. The van der Waals surface area contributed by atoms with Crippen molar-refractivity contribution in [1.82, 2.24) is 5.01 Å². The number of nitrogens with zero attached hydrogens (tertiary/aromatic N) is 4. The molecule has 10 heteroatoms. The molecule has 0 radical (unpaired) electrons. The summed E-state index contributed by atoms with van der Waals surface area (Å²) in [5, 5.41) is 18.4. The SMILES string of the molecule is CCOc1ccc(/C=C2\CCCC3C2=NN(C(=O)c2cc([N+](=O)[O-])ccc2N2CCOCC2)C3c2ccc(OCC)cc2)cc1. The van der Waals surface area contributed by atoms with Crippen LogP contribution in [0.25, 0.3) is 6.08 Å². The molecule has 1 saturated carbocycles. The second kappa shape index (κ2) is 13.5. The topological polar surface area (TPSA) is 107 Å². The van der Waals surface area contributed by atoms with Gasteiger partial charge in [-0.3, -0.25) is 14.9 Å². The van der Waals surface area contributed by atoms with Gasteiger partial charge in [-0.05, 0) is 86.2 Å². The molecular weight excluding hydrogens is 572 g/mol. The summed E-state index contributed by atoms with van der Waals surface area (Å²) in [5.41, 5.74) is 4.74. The first-order chi connectivity index (χ1) is 22.0. The lowest BCUT2D eigenvalue weighted by atomic mass is 9.77. The van der Waals surface area contributed by atoms with Crippen LogP contribution in [0.15, 0.2) is 77.4 Å². The van der Waals surface area contributed by atoms with E-state index in [9.17, 15) is 14.9 Å². The van der Waals surface area contributed by atoms with Crippen LogP contribution in [0.2, 0.25) is 0 Å². The number of benzene rings is 3. The second-order valence-electron chi connectivity index (χ2n) is 11.3. The van der Waals surface area contributed by atoms with Gasteiger partial charge in [0.15, 0.2) is 0 Å². The molecule has 1 amide bonds.